The largest absolute Gasteiger partial charge is 0.392 e. The van der Waals surface area contributed by atoms with E-state index in [9.17, 15) is 14.7 Å². The molecule has 5 nitrogen and oxygen atoms in total. The summed E-state index contributed by atoms with van der Waals surface area (Å²) >= 11 is 0. The van der Waals surface area contributed by atoms with E-state index in [1.165, 1.54) is 6.92 Å². The van der Waals surface area contributed by atoms with Gasteiger partial charge in [0, 0.05) is 23.8 Å². The van der Waals surface area contributed by atoms with Crippen LogP contribution in [-0.4, -0.2) is 40.5 Å². The molecule has 1 unspecified atom stereocenters. The minimum Gasteiger partial charge on any atom is -0.392 e. The summed E-state index contributed by atoms with van der Waals surface area (Å²) in [6.45, 7) is 7.19. The number of amides is 2. The molecule has 0 saturated heterocycles. The van der Waals surface area contributed by atoms with Crippen molar-refractivity contribution >= 4 is 17.5 Å². The van der Waals surface area contributed by atoms with Crippen LogP contribution in [0.4, 0.5) is 10.5 Å². The van der Waals surface area contributed by atoms with Gasteiger partial charge < -0.3 is 15.3 Å². The summed E-state index contributed by atoms with van der Waals surface area (Å²) < 4.78 is 0. The highest BCUT2D eigenvalue weighted by Gasteiger charge is 2.18. The average molecular weight is 278 g/mol. The van der Waals surface area contributed by atoms with Crippen molar-refractivity contribution in [3.05, 3.63) is 29.8 Å². The number of anilines is 1. The van der Waals surface area contributed by atoms with Gasteiger partial charge in [0.05, 0.1) is 6.10 Å². The molecule has 0 fully saturated rings. The van der Waals surface area contributed by atoms with E-state index in [1.54, 1.807) is 36.1 Å². The van der Waals surface area contributed by atoms with Crippen molar-refractivity contribution in [2.75, 3.05) is 11.9 Å². The summed E-state index contributed by atoms with van der Waals surface area (Å²) in [5, 5.41) is 12.2. The number of nitrogens with one attached hydrogen (secondary N) is 1. The molecule has 0 bridgehead atoms. The number of Topliss-reactive ketones (excluding diaryl/α,β-unsaturated/α-hetero) is 1. The van der Waals surface area contributed by atoms with E-state index < -0.39 is 6.10 Å². The van der Waals surface area contributed by atoms with Gasteiger partial charge in [-0.1, -0.05) is 0 Å². The van der Waals surface area contributed by atoms with E-state index in [0.717, 1.165) is 0 Å². The highest BCUT2D eigenvalue weighted by Crippen LogP contribution is 2.12. The molecule has 0 aliphatic carbocycles. The van der Waals surface area contributed by atoms with E-state index in [2.05, 4.69) is 5.32 Å². The predicted octanol–water partition coefficient (Wildman–Crippen LogP) is 2.51. The smallest absolute Gasteiger partial charge is 0.322 e. The molecule has 1 atom stereocenters. The molecule has 2 amide bonds. The molecule has 0 spiro atoms. The van der Waals surface area contributed by atoms with Gasteiger partial charge in [0.2, 0.25) is 0 Å². The normalized spacial score (nSPS) is 12.1. The average Bonchev–Trinajstić information content (AvgIpc) is 2.35. The summed E-state index contributed by atoms with van der Waals surface area (Å²) in [5.74, 6) is -0.0132. The van der Waals surface area contributed by atoms with E-state index in [1.807, 2.05) is 13.8 Å². The number of benzene rings is 1. The summed E-state index contributed by atoms with van der Waals surface area (Å²) in [7, 11) is 0. The minimum atomic E-state index is -0.580. The van der Waals surface area contributed by atoms with Gasteiger partial charge in [-0.25, -0.2) is 4.79 Å². The maximum atomic E-state index is 12.1. The standard InChI is InChI=1S/C15H22N2O3/c1-10(2)17(9-11(3)18)15(20)16-14-7-5-13(6-8-14)12(4)19/h5-8,10-11,18H,9H2,1-4H3,(H,16,20). The molecule has 1 aromatic rings. The van der Waals surface area contributed by atoms with E-state index in [4.69, 9.17) is 0 Å². The third kappa shape index (κ3) is 4.66. The lowest BCUT2D eigenvalue weighted by Crippen LogP contribution is -2.43. The molecule has 20 heavy (non-hydrogen) atoms. The molecule has 0 saturated carbocycles. The maximum absolute atomic E-state index is 12.1. The summed E-state index contributed by atoms with van der Waals surface area (Å²) in [4.78, 5) is 24.9. The highest BCUT2D eigenvalue weighted by molar-refractivity contribution is 5.95. The first-order valence-corrected chi connectivity index (χ1v) is 6.68. The Kier molecular flexibility index (Phi) is 5.70. The summed E-state index contributed by atoms with van der Waals surface area (Å²) in [6.07, 6.45) is -0.580. The van der Waals surface area contributed by atoms with Crippen molar-refractivity contribution in [3.63, 3.8) is 0 Å². The zero-order valence-electron chi connectivity index (χ0n) is 12.4. The quantitative estimate of drug-likeness (QED) is 0.813. The predicted molar refractivity (Wildman–Crippen MR) is 79.0 cm³/mol. The second-order valence-electron chi connectivity index (χ2n) is 5.16. The number of hydrogen-bond acceptors (Lipinski definition) is 3. The number of aliphatic hydroxyl groups excluding tert-OH is 1. The van der Waals surface area contributed by atoms with Crippen LogP contribution >= 0.6 is 0 Å². The Labute approximate surface area is 119 Å². The fraction of sp³-hybridized carbons (Fsp3) is 0.467. The van der Waals surface area contributed by atoms with Crippen molar-refractivity contribution in [1.29, 1.82) is 0 Å². The zero-order valence-corrected chi connectivity index (χ0v) is 12.4. The fourth-order valence-corrected chi connectivity index (χ4v) is 1.80. The molecule has 0 radical (unpaired) electrons. The van der Waals surface area contributed by atoms with Crippen LogP contribution in [0.2, 0.25) is 0 Å². The number of urea groups is 1. The van der Waals surface area contributed by atoms with Crippen molar-refractivity contribution in [2.24, 2.45) is 0 Å². The van der Waals surface area contributed by atoms with Crippen LogP contribution in [0.15, 0.2) is 24.3 Å². The molecule has 0 aliphatic heterocycles. The Morgan fingerprint density at radius 1 is 1.20 bits per heavy atom. The lowest BCUT2D eigenvalue weighted by molar-refractivity contribution is 0.101. The number of ketones is 1. The summed E-state index contributed by atoms with van der Waals surface area (Å²) in [6, 6.07) is 6.45. The van der Waals surface area contributed by atoms with Crippen molar-refractivity contribution in [2.45, 2.75) is 39.8 Å². The third-order valence-electron chi connectivity index (χ3n) is 2.89. The lowest BCUT2D eigenvalue weighted by Gasteiger charge is -2.28. The van der Waals surface area contributed by atoms with E-state index >= 15 is 0 Å². The van der Waals surface area contributed by atoms with Gasteiger partial charge in [0.1, 0.15) is 0 Å². The Morgan fingerprint density at radius 2 is 1.75 bits per heavy atom. The van der Waals surface area contributed by atoms with Gasteiger partial charge in [-0.3, -0.25) is 4.79 Å². The van der Waals surface area contributed by atoms with Gasteiger partial charge in [-0.2, -0.15) is 0 Å². The first-order chi connectivity index (χ1) is 9.31. The van der Waals surface area contributed by atoms with E-state index in [-0.39, 0.29) is 24.4 Å². The van der Waals surface area contributed by atoms with Crippen molar-refractivity contribution < 1.29 is 14.7 Å². The van der Waals surface area contributed by atoms with Crippen LogP contribution in [0.1, 0.15) is 38.1 Å². The Hall–Kier alpha value is -1.88. The number of nitrogens with zero attached hydrogens (tertiary/aromatic N) is 1. The number of carbonyl (C=O) groups is 2. The maximum Gasteiger partial charge on any atom is 0.322 e. The van der Waals surface area contributed by atoms with Crippen LogP contribution in [0.3, 0.4) is 0 Å². The van der Waals surface area contributed by atoms with Crippen LogP contribution in [-0.2, 0) is 0 Å². The first-order valence-electron chi connectivity index (χ1n) is 6.68. The molecule has 110 valence electrons. The highest BCUT2D eigenvalue weighted by atomic mass is 16.3. The van der Waals surface area contributed by atoms with Crippen molar-refractivity contribution in [3.8, 4) is 0 Å². The molecular formula is C15H22N2O3. The molecular weight excluding hydrogens is 256 g/mol. The van der Waals surface area contributed by atoms with Crippen LogP contribution in [0.5, 0.6) is 0 Å². The Morgan fingerprint density at radius 3 is 2.15 bits per heavy atom. The zero-order chi connectivity index (χ0) is 15.3. The van der Waals surface area contributed by atoms with Gasteiger partial charge in [0.15, 0.2) is 5.78 Å². The van der Waals surface area contributed by atoms with Crippen LogP contribution in [0, 0.1) is 0 Å². The van der Waals surface area contributed by atoms with Gasteiger partial charge >= 0.3 is 6.03 Å². The lowest BCUT2D eigenvalue weighted by atomic mass is 10.1. The van der Waals surface area contributed by atoms with E-state index in [0.29, 0.717) is 11.3 Å². The molecule has 0 aliphatic rings. The first kappa shape index (κ1) is 16.2. The number of aliphatic hydroxyl groups is 1. The topological polar surface area (TPSA) is 69.6 Å². The molecule has 1 aromatic carbocycles. The molecule has 1 rings (SSSR count). The Bertz CT molecular complexity index is 467. The van der Waals surface area contributed by atoms with Crippen molar-refractivity contribution in [1.82, 2.24) is 4.90 Å². The van der Waals surface area contributed by atoms with Gasteiger partial charge in [-0.05, 0) is 52.0 Å². The monoisotopic (exact) mass is 278 g/mol. The number of carbonyl (C=O) groups excluding carboxylic acids is 2. The van der Waals surface area contributed by atoms with Gasteiger partial charge in [0.25, 0.3) is 0 Å². The fourth-order valence-electron chi connectivity index (χ4n) is 1.80. The molecule has 0 heterocycles. The Balaban J connectivity index is 2.75. The van der Waals surface area contributed by atoms with Crippen LogP contribution < -0.4 is 5.32 Å². The third-order valence-corrected chi connectivity index (χ3v) is 2.89. The minimum absolute atomic E-state index is 0.0129. The second kappa shape index (κ2) is 7.05. The summed E-state index contributed by atoms with van der Waals surface area (Å²) in [5.41, 5.74) is 1.23. The molecule has 0 aromatic heterocycles. The number of hydrogen-bond donors (Lipinski definition) is 2. The molecule has 5 heteroatoms. The second-order valence-corrected chi connectivity index (χ2v) is 5.16. The van der Waals surface area contributed by atoms with Crippen LogP contribution in [0.25, 0.3) is 0 Å². The molecule has 2 N–H and O–H groups in total. The SMILES string of the molecule is CC(=O)c1ccc(NC(=O)N(CC(C)O)C(C)C)cc1. The number of rotatable bonds is 5. The van der Waals surface area contributed by atoms with Gasteiger partial charge in [-0.15, -0.1) is 0 Å².